The maximum Gasteiger partial charge on any atom is 0.332 e. The van der Waals surface area contributed by atoms with Crippen LogP contribution in [0.3, 0.4) is 0 Å². The molecule has 26 heavy (non-hydrogen) atoms. The second-order valence-electron chi connectivity index (χ2n) is 5.56. The standard InChI is InChI=1S/C17H15ClN4O4/c1-21-14-13(16(24)22(2)17(21)25)11(6-7-19-14)20-15(23)10-8-9(18)4-5-12(10)26-3/h4-8H,1-3H3,(H,19,20,23). The Morgan fingerprint density at radius 3 is 2.62 bits per heavy atom. The van der Waals surface area contributed by atoms with Gasteiger partial charge in [0.2, 0.25) is 0 Å². The number of carbonyl (C=O) groups is 1. The fourth-order valence-electron chi connectivity index (χ4n) is 2.64. The number of methoxy groups -OCH3 is 1. The molecule has 3 aromatic rings. The number of nitrogens with one attached hydrogen (secondary N) is 1. The zero-order valence-corrected chi connectivity index (χ0v) is 15.0. The summed E-state index contributed by atoms with van der Waals surface area (Å²) in [7, 11) is 4.30. The van der Waals surface area contributed by atoms with Crippen molar-refractivity contribution >= 4 is 34.2 Å². The van der Waals surface area contributed by atoms with Gasteiger partial charge in [-0.2, -0.15) is 0 Å². The lowest BCUT2D eigenvalue weighted by Gasteiger charge is -2.12. The van der Waals surface area contributed by atoms with Gasteiger partial charge in [-0.3, -0.25) is 18.7 Å². The van der Waals surface area contributed by atoms with Crippen molar-refractivity contribution in [3.63, 3.8) is 0 Å². The minimum atomic E-state index is -0.551. The second-order valence-corrected chi connectivity index (χ2v) is 6.00. The summed E-state index contributed by atoms with van der Waals surface area (Å²) < 4.78 is 7.38. The van der Waals surface area contributed by atoms with Crippen LogP contribution in [0.2, 0.25) is 5.02 Å². The van der Waals surface area contributed by atoms with Gasteiger partial charge in [-0.15, -0.1) is 0 Å². The topological polar surface area (TPSA) is 95.2 Å². The van der Waals surface area contributed by atoms with Gasteiger partial charge >= 0.3 is 5.69 Å². The Kier molecular flexibility index (Phi) is 4.52. The monoisotopic (exact) mass is 374 g/mol. The molecule has 8 nitrogen and oxygen atoms in total. The van der Waals surface area contributed by atoms with Gasteiger partial charge < -0.3 is 10.1 Å². The third-order valence-corrected chi connectivity index (χ3v) is 4.23. The van der Waals surface area contributed by atoms with Crippen LogP contribution >= 0.6 is 11.6 Å². The van der Waals surface area contributed by atoms with Crippen molar-refractivity contribution in [1.82, 2.24) is 14.1 Å². The molecule has 0 aliphatic carbocycles. The SMILES string of the molecule is COc1ccc(Cl)cc1C(=O)Nc1ccnc2c1c(=O)n(C)c(=O)n2C. The molecule has 0 aliphatic heterocycles. The number of aromatic nitrogens is 3. The van der Waals surface area contributed by atoms with Gasteiger partial charge in [0.05, 0.1) is 18.4 Å². The fraction of sp³-hybridized carbons (Fsp3) is 0.176. The lowest BCUT2D eigenvalue weighted by atomic mass is 10.1. The highest BCUT2D eigenvalue weighted by atomic mass is 35.5. The molecule has 0 unspecified atom stereocenters. The summed E-state index contributed by atoms with van der Waals surface area (Å²) in [5.74, 6) is -0.168. The van der Waals surface area contributed by atoms with E-state index >= 15 is 0 Å². The van der Waals surface area contributed by atoms with Gasteiger partial charge in [0.15, 0.2) is 5.65 Å². The molecule has 1 N–H and O–H groups in total. The molecule has 2 aromatic heterocycles. The van der Waals surface area contributed by atoms with Crippen LogP contribution in [0, 0.1) is 0 Å². The number of hydrogen-bond donors (Lipinski definition) is 1. The molecule has 0 bridgehead atoms. The summed E-state index contributed by atoms with van der Waals surface area (Å²) in [6.07, 6.45) is 1.41. The minimum Gasteiger partial charge on any atom is -0.496 e. The van der Waals surface area contributed by atoms with E-state index in [2.05, 4.69) is 10.3 Å². The van der Waals surface area contributed by atoms with Gasteiger partial charge in [0.25, 0.3) is 11.5 Å². The number of pyridine rings is 1. The average Bonchev–Trinajstić information content (AvgIpc) is 2.64. The fourth-order valence-corrected chi connectivity index (χ4v) is 2.81. The van der Waals surface area contributed by atoms with Crippen LogP contribution in [0.25, 0.3) is 11.0 Å². The summed E-state index contributed by atoms with van der Waals surface area (Å²) in [5, 5.41) is 3.17. The Morgan fingerprint density at radius 1 is 1.19 bits per heavy atom. The van der Waals surface area contributed by atoms with Crippen molar-refractivity contribution < 1.29 is 9.53 Å². The Bertz CT molecular complexity index is 1150. The summed E-state index contributed by atoms with van der Waals surface area (Å²) in [4.78, 5) is 41.4. The molecule has 0 radical (unpaired) electrons. The number of ether oxygens (including phenoxy) is 1. The van der Waals surface area contributed by atoms with Gasteiger partial charge in [-0.05, 0) is 24.3 Å². The van der Waals surface area contributed by atoms with Crippen LogP contribution in [0.4, 0.5) is 5.69 Å². The van der Waals surface area contributed by atoms with Crippen molar-refractivity contribution in [2.45, 2.75) is 0 Å². The first kappa shape index (κ1) is 17.7. The van der Waals surface area contributed by atoms with E-state index in [1.807, 2.05) is 0 Å². The number of carbonyl (C=O) groups excluding carboxylic acids is 1. The van der Waals surface area contributed by atoms with E-state index in [1.165, 1.54) is 44.1 Å². The van der Waals surface area contributed by atoms with Gasteiger partial charge in [0, 0.05) is 25.3 Å². The average molecular weight is 375 g/mol. The summed E-state index contributed by atoms with van der Waals surface area (Å²) in [6.45, 7) is 0. The number of aryl methyl sites for hydroxylation is 1. The van der Waals surface area contributed by atoms with E-state index in [1.54, 1.807) is 12.1 Å². The number of rotatable bonds is 3. The number of halogens is 1. The van der Waals surface area contributed by atoms with E-state index in [-0.39, 0.29) is 22.3 Å². The first-order chi connectivity index (χ1) is 12.3. The molecular weight excluding hydrogens is 360 g/mol. The quantitative estimate of drug-likeness (QED) is 0.750. The van der Waals surface area contributed by atoms with Crippen LogP contribution < -0.4 is 21.3 Å². The molecule has 9 heteroatoms. The predicted molar refractivity (Wildman–Crippen MR) is 98.2 cm³/mol. The van der Waals surface area contributed by atoms with Crippen LogP contribution in [-0.2, 0) is 14.1 Å². The number of benzene rings is 1. The zero-order valence-electron chi connectivity index (χ0n) is 14.2. The van der Waals surface area contributed by atoms with E-state index in [4.69, 9.17) is 16.3 Å². The molecule has 0 saturated heterocycles. The summed E-state index contributed by atoms with van der Waals surface area (Å²) in [5.41, 5.74) is -0.432. The van der Waals surface area contributed by atoms with Crippen LogP contribution in [0.1, 0.15) is 10.4 Å². The maximum absolute atomic E-state index is 12.7. The van der Waals surface area contributed by atoms with Gasteiger partial charge in [-0.25, -0.2) is 9.78 Å². The van der Waals surface area contributed by atoms with Crippen LogP contribution in [0.5, 0.6) is 5.75 Å². The van der Waals surface area contributed by atoms with E-state index in [0.717, 1.165) is 4.57 Å². The maximum atomic E-state index is 12.7. The molecular formula is C17H15ClN4O4. The van der Waals surface area contributed by atoms with Crippen molar-refractivity contribution in [3.8, 4) is 5.75 Å². The van der Waals surface area contributed by atoms with Crippen LogP contribution in [0.15, 0.2) is 40.1 Å². The van der Waals surface area contributed by atoms with Crippen molar-refractivity contribution in [2.24, 2.45) is 14.1 Å². The van der Waals surface area contributed by atoms with Crippen molar-refractivity contribution in [3.05, 3.63) is 61.9 Å². The Labute approximate surface area is 152 Å². The number of nitrogens with zero attached hydrogens (tertiary/aromatic N) is 3. The predicted octanol–water partition coefficient (Wildman–Crippen LogP) is 1.55. The molecule has 134 valence electrons. The molecule has 0 aliphatic rings. The van der Waals surface area contributed by atoms with Crippen molar-refractivity contribution in [1.29, 1.82) is 0 Å². The highest BCUT2D eigenvalue weighted by molar-refractivity contribution is 6.31. The minimum absolute atomic E-state index is 0.131. The molecule has 3 rings (SSSR count). The smallest absolute Gasteiger partial charge is 0.332 e. The molecule has 0 fully saturated rings. The Balaban J connectivity index is 2.16. The van der Waals surface area contributed by atoms with E-state index < -0.39 is 17.2 Å². The first-order valence-electron chi connectivity index (χ1n) is 7.54. The number of fused-ring (bicyclic) bond motifs is 1. The zero-order chi connectivity index (χ0) is 19.0. The van der Waals surface area contributed by atoms with E-state index in [0.29, 0.717) is 10.8 Å². The normalized spacial score (nSPS) is 10.8. The third-order valence-electron chi connectivity index (χ3n) is 4.00. The first-order valence-corrected chi connectivity index (χ1v) is 7.92. The second kappa shape index (κ2) is 6.64. The van der Waals surface area contributed by atoms with Gasteiger partial charge in [-0.1, -0.05) is 11.6 Å². The van der Waals surface area contributed by atoms with Gasteiger partial charge in [0.1, 0.15) is 11.1 Å². The number of hydrogen-bond acceptors (Lipinski definition) is 5. The van der Waals surface area contributed by atoms with E-state index in [9.17, 15) is 14.4 Å². The summed E-state index contributed by atoms with van der Waals surface area (Å²) in [6, 6.07) is 6.13. The molecule has 0 atom stereocenters. The molecule has 0 spiro atoms. The summed E-state index contributed by atoms with van der Waals surface area (Å²) >= 11 is 5.96. The van der Waals surface area contributed by atoms with Crippen molar-refractivity contribution in [2.75, 3.05) is 12.4 Å². The molecule has 1 amide bonds. The highest BCUT2D eigenvalue weighted by Crippen LogP contribution is 2.25. The molecule has 1 aromatic carbocycles. The Morgan fingerprint density at radius 2 is 1.92 bits per heavy atom. The molecule has 0 saturated carbocycles. The largest absolute Gasteiger partial charge is 0.496 e. The van der Waals surface area contributed by atoms with Crippen LogP contribution in [-0.4, -0.2) is 27.1 Å². The molecule has 2 heterocycles. The Hall–Kier alpha value is -3.13. The lowest BCUT2D eigenvalue weighted by Crippen LogP contribution is -2.37. The number of anilines is 1. The third kappa shape index (κ3) is 2.84. The lowest BCUT2D eigenvalue weighted by molar-refractivity contribution is 0.102. The highest BCUT2D eigenvalue weighted by Gasteiger charge is 2.18. The number of amides is 1.